The summed E-state index contributed by atoms with van der Waals surface area (Å²) in [6.45, 7) is 6.04. The summed E-state index contributed by atoms with van der Waals surface area (Å²) in [4.78, 5) is 13.7. The van der Waals surface area contributed by atoms with E-state index in [1.165, 1.54) is 0 Å². The van der Waals surface area contributed by atoms with Crippen LogP contribution in [0.1, 0.15) is 26.2 Å². The number of hydrogen-bond donors (Lipinski definition) is 2. The standard InChI is InChI=1S/C13H23N3O/c1-3-7-14-13(17)11-15-12-5-9-16(8-4-2)10-6-12/h2,12,15H,3,5-11H2,1H3,(H,14,17). The van der Waals surface area contributed by atoms with E-state index in [1.807, 2.05) is 0 Å². The van der Waals surface area contributed by atoms with Crippen molar-refractivity contribution in [3.05, 3.63) is 0 Å². The van der Waals surface area contributed by atoms with E-state index in [4.69, 9.17) is 6.42 Å². The van der Waals surface area contributed by atoms with Gasteiger partial charge in [0, 0.05) is 25.7 Å². The third kappa shape index (κ3) is 5.71. The fourth-order valence-electron chi connectivity index (χ4n) is 1.99. The zero-order valence-electron chi connectivity index (χ0n) is 10.7. The summed E-state index contributed by atoms with van der Waals surface area (Å²) in [5.74, 6) is 2.76. The smallest absolute Gasteiger partial charge is 0.233 e. The molecule has 0 spiro atoms. The van der Waals surface area contributed by atoms with Crippen LogP contribution in [0.25, 0.3) is 0 Å². The maximum absolute atomic E-state index is 11.4. The maximum atomic E-state index is 11.4. The van der Waals surface area contributed by atoms with E-state index in [0.29, 0.717) is 12.6 Å². The molecular weight excluding hydrogens is 214 g/mol. The van der Waals surface area contributed by atoms with Crippen LogP contribution in [0.2, 0.25) is 0 Å². The Kier molecular flexibility index (Phi) is 6.68. The van der Waals surface area contributed by atoms with Crippen LogP contribution in [0.3, 0.4) is 0 Å². The minimum atomic E-state index is 0.0953. The van der Waals surface area contributed by atoms with Crippen molar-refractivity contribution in [1.29, 1.82) is 0 Å². The summed E-state index contributed by atoms with van der Waals surface area (Å²) in [5.41, 5.74) is 0. The van der Waals surface area contributed by atoms with Crippen molar-refractivity contribution >= 4 is 5.91 Å². The molecule has 1 rings (SSSR count). The summed E-state index contributed by atoms with van der Waals surface area (Å²) < 4.78 is 0. The number of likely N-dealkylation sites (tertiary alicyclic amines) is 1. The quantitative estimate of drug-likeness (QED) is 0.649. The average molecular weight is 237 g/mol. The van der Waals surface area contributed by atoms with Crippen LogP contribution < -0.4 is 10.6 Å². The van der Waals surface area contributed by atoms with Gasteiger partial charge < -0.3 is 10.6 Å². The minimum absolute atomic E-state index is 0.0953. The number of terminal acetylenes is 1. The normalized spacial score (nSPS) is 17.6. The second-order valence-corrected chi connectivity index (χ2v) is 4.49. The molecule has 1 aliphatic heterocycles. The Morgan fingerprint density at radius 2 is 2.18 bits per heavy atom. The van der Waals surface area contributed by atoms with Crippen LogP contribution in [0.15, 0.2) is 0 Å². The first kappa shape index (κ1) is 14.0. The van der Waals surface area contributed by atoms with Gasteiger partial charge in [-0.05, 0) is 19.3 Å². The van der Waals surface area contributed by atoms with Crippen molar-refractivity contribution in [2.45, 2.75) is 32.2 Å². The van der Waals surface area contributed by atoms with Gasteiger partial charge in [-0.15, -0.1) is 6.42 Å². The molecule has 0 aromatic carbocycles. The number of rotatable bonds is 6. The first-order valence-electron chi connectivity index (χ1n) is 6.42. The lowest BCUT2D eigenvalue weighted by atomic mass is 10.1. The number of amides is 1. The average Bonchev–Trinajstić information content (AvgIpc) is 2.36. The molecule has 0 aromatic rings. The molecule has 1 saturated heterocycles. The Labute approximate surface area is 104 Å². The molecule has 1 aliphatic rings. The van der Waals surface area contributed by atoms with E-state index >= 15 is 0 Å². The summed E-state index contributed by atoms with van der Waals surface area (Å²) in [7, 11) is 0. The van der Waals surface area contributed by atoms with Gasteiger partial charge in [-0.3, -0.25) is 9.69 Å². The van der Waals surface area contributed by atoms with Gasteiger partial charge in [0.15, 0.2) is 0 Å². The lowest BCUT2D eigenvalue weighted by Gasteiger charge is -2.31. The summed E-state index contributed by atoms with van der Waals surface area (Å²) in [6, 6.07) is 0.455. The minimum Gasteiger partial charge on any atom is -0.355 e. The highest BCUT2D eigenvalue weighted by Crippen LogP contribution is 2.09. The molecule has 0 atom stereocenters. The Morgan fingerprint density at radius 3 is 2.76 bits per heavy atom. The molecule has 1 heterocycles. The van der Waals surface area contributed by atoms with Crippen LogP contribution in [0.4, 0.5) is 0 Å². The van der Waals surface area contributed by atoms with Crippen molar-refractivity contribution in [3.63, 3.8) is 0 Å². The van der Waals surface area contributed by atoms with Gasteiger partial charge >= 0.3 is 0 Å². The molecule has 1 fully saturated rings. The Bertz CT molecular complexity index is 264. The van der Waals surface area contributed by atoms with Gasteiger partial charge in [-0.1, -0.05) is 12.8 Å². The molecule has 0 saturated carbocycles. The number of hydrogen-bond acceptors (Lipinski definition) is 3. The molecule has 4 nitrogen and oxygen atoms in total. The van der Waals surface area contributed by atoms with Gasteiger partial charge in [0.05, 0.1) is 13.1 Å². The molecule has 2 N–H and O–H groups in total. The summed E-state index contributed by atoms with van der Waals surface area (Å²) in [6.07, 6.45) is 8.41. The monoisotopic (exact) mass is 237 g/mol. The third-order valence-electron chi connectivity index (χ3n) is 3.03. The molecule has 4 heteroatoms. The predicted molar refractivity (Wildman–Crippen MR) is 69.6 cm³/mol. The zero-order chi connectivity index (χ0) is 12.5. The van der Waals surface area contributed by atoms with E-state index in [0.717, 1.165) is 45.4 Å². The van der Waals surface area contributed by atoms with Gasteiger partial charge in [0.2, 0.25) is 5.91 Å². The van der Waals surface area contributed by atoms with Crippen LogP contribution in [-0.2, 0) is 4.79 Å². The Hall–Kier alpha value is -1.05. The molecule has 0 unspecified atom stereocenters. The van der Waals surface area contributed by atoms with Crippen molar-refractivity contribution in [2.24, 2.45) is 0 Å². The lowest BCUT2D eigenvalue weighted by Crippen LogP contribution is -2.45. The summed E-state index contributed by atoms with van der Waals surface area (Å²) >= 11 is 0. The SMILES string of the molecule is C#CCN1CCC(NCC(=O)NCCC)CC1. The molecule has 0 aromatic heterocycles. The fraction of sp³-hybridized carbons (Fsp3) is 0.769. The van der Waals surface area contributed by atoms with Gasteiger partial charge in [0.25, 0.3) is 0 Å². The second-order valence-electron chi connectivity index (χ2n) is 4.49. The zero-order valence-corrected chi connectivity index (χ0v) is 10.7. The van der Waals surface area contributed by atoms with Gasteiger partial charge in [-0.25, -0.2) is 0 Å². The molecule has 0 radical (unpaired) electrons. The topological polar surface area (TPSA) is 44.4 Å². The first-order valence-corrected chi connectivity index (χ1v) is 6.42. The van der Waals surface area contributed by atoms with Gasteiger partial charge in [0.1, 0.15) is 0 Å². The number of carbonyl (C=O) groups is 1. The molecule has 1 amide bonds. The van der Waals surface area contributed by atoms with E-state index < -0.39 is 0 Å². The molecule has 0 bridgehead atoms. The van der Waals surface area contributed by atoms with E-state index in [1.54, 1.807) is 0 Å². The third-order valence-corrected chi connectivity index (χ3v) is 3.03. The number of nitrogens with one attached hydrogen (secondary N) is 2. The van der Waals surface area contributed by atoms with Gasteiger partial charge in [-0.2, -0.15) is 0 Å². The van der Waals surface area contributed by atoms with Crippen molar-refractivity contribution in [3.8, 4) is 12.3 Å². The maximum Gasteiger partial charge on any atom is 0.233 e. The highest BCUT2D eigenvalue weighted by Gasteiger charge is 2.18. The van der Waals surface area contributed by atoms with E-state index in [-0.39, 0.29) is 5.91 Å². The Morgan fingerprint density at radius 1 is 1.47 bits per heavy atom. The van der Waals surface area contributed by atoms with Crippen molar-refractivity contribution in [2.75, 3.05) is 32.7 Å². The number of carbonyl (C=O) groups excluding carboxylic acids is 1. The van der Waals surface area contributed by atoms with Crippen LogP contribution in [0, 0.1) is 12.3 Å². The van der Waals surface area contributed by atoms with E-state index in [9.17, 15) is 4.79 Å². The fourth-order valence-corrected chi connectivity index (χ4v) is 1.99. The molecule has 17 heavy (non-hydrogen) atoms. The molecule has 96 valence electrons. The molecular formula is C13H23N3O. The van der Waals surface area contributed by atoms with Crippen LogP contribution in [-0.4, -0.2) is 49.6 Å². The molecule has 0 aliphatic carbocycles. The number of nitrogens with zero attached hydrogens (tertiary/aromatic N) is 1. The predicted octanol–water partition coefficient (Wildman–Crippen LogP) is 0.200. The second kappa shape index (κ2) is 8.10. The van der Waals surface area contributed by atoms with Crippen molar-refractivity contribution in [1.82, 2.24) is 15.5 Å². The first-order chi connectivity index (χ1) is 8.26. The summed E-state index contributed by atoms with van der Waals surface area (Å²) in [5, 5.41) is 6.17. The van der Waals surface area contributed by atoms with Crippen LogP contribution >= 0.6 is 0 Å². The lowest BCUT2D eigenvalue weighted by molar-refractivity contribution is -0.120. The highest BCUT2D eigenvalue weighted by molar-refractivity contribution is 5.77. The van der Waals surface area contributed by atoms with E-state index in [2.05, 4.69) is 28.4 Å². The highest BCUT2D eigenvalue weighted by atomic mass is 16.1. The Balaban J connectivity index is 2.10. The largest absolute Gasteiger partial charge is 0.355 e. The van der Waals surface area contributed by atoms with Crippen molar-refractivity contribution < 1.29 is 4.79 Å². The number of piperidine rings is 1. The van der Waals surface area contributed by atoms with Crippen LogP contribution in [0.5, 0.6) is 0 Å².